The first-order chi connectivity index (χ1) is 10.3. The number of amides is 1. The van der Waals surface area contributed by atoms with E-state index in [1.807, 2.05) is 19.9 Å². The Kier molecular flexibility index (Phi) is 5.29. The van der Waals surface area contributed by atoms with Crippen molar-refractivity contribution in [2.75, 3.05) is 11.4 Å². The van der Waals surface area contributed by atoms with Gasteiger partial charge in [0.05, 0.1) is 5.69 Å². The maximum atomic E-state index is 12.7. The highest BCUT2D eigenvalue weighted by molar-refractivity contribution is 9.10. The molecule has 1 heterocycles. The van der Waals surface area contributed by atoms with Crippen molar-refractivity contribution in [3.05, 3.63) is 22.2 Å². The molecule has 1 amide bonds. The zero-order valence-corrected chi connectivity index (χ0v) is 15.4. The number of sulfonamides is 1. The SMILES string of the molecule is CCC(=O)N1CCc2cc(Br)cc(S(=O)(=O)NC(C)CC)c21. The van der Waals surface area contributed by atoms with Gasteiger partial charge in [0.15, 0.2) is 0 Å². The minimum atomic E-state index is -3.67. The summed E-state index contributed by atoms with van der Waals surface area (Å²) in [7, 11) is -3.67. The minimum Gasteiger partial charge on any atom is -0.310 e. The molecule has 1 aromatic rings. The van der Waals surface area contributed by atoms with Crippen molar-refractivity contribution in [2.24, 2.45) is 0 Å². The molecule has 0 saturated carbocycles. The van der Waals surface area contributed by atoms with Crippen LogP contribution in [0.3, 0.4) is 0 Å². The number of hydrogen-bond donors (Lipinski definition) is 1. The third-order valence-corrected chi connectivity index (χ3v) is 5.92. The lowest BCUT2D eigenvalue weighted by Crippen LogP contribution is -2.34. The number of halogens is 1. The zero-order chi connectivity index (χ0) is 16.5. The van der Waals surface area contributed by atoms with Crippen LogP contribution in [0.4, 0.5) is 5.69 Å². The summed E-state index contributed by atoms with van der Waals surface area (Å²) in [4.78, 5) is 13.9. The van der Waals surface area contributed by atoms with Crippen molar-refractivity contribution in [1.29, 1.82) is 0 Å². The van der Waals surface area contributed by atoms with E-state index >= 15 is 0 Å². The molecule has 2 rings (SSSR count). The molecule has 0 aliphatic carbocycles. The van der Waals surface area contributed by atoms with Crippen LogP contribution in [0.25, 0.3) is 0 Å². The van der Waals surface area contributed by atoms with E-state index in [0.29, 0.717) is 36.0 Å². The van der Waals surface area contributed by atoms with Gasteiger partial charge in [-0.2, -0.15) is 0 Å². The fourth-order valence-corrected chi connectivity index (χ4v) is 4.78. The standard InChI is InChI=1S/C15H21BrN2O3S/c1-4-10(3)17-22(20,21)13-9-12(16)8-11-6-7-18(15(11)13)14(19)5-2/h8-10,17H,4-7H2,1-3H3. The van der Waals surface area contributed by atoms with Crippen LogP contribution in [0.1, 0.15) is 39.2 Å². The highest BCUT2D eigenvalue weighted by Crippen LogP contribution is 2.37. The molecule has 0 aromatic heterocycles. The van der Waals surface area contributed by atoms with Crippen LogP contribution < -0.4 is 9.62 Å². The molecule has 1 aliphatic rings. The Labute approximate surface area is 140 Å². The Morgan fingerprint density at radius 1 is 1.41 bits per heavy atom. The molecule has 0 fully saturated rings. The Hall–Kier alpha value is -0.920. The fourth-order valence-electron chi connectivity index (χ4n) is 2.53. The molecular weight excluding hydrogens is 368 g/mol. The molecule has 0 radical (unpaired) electrons. The van der Waals surface area contributed by atoms with Crippen LogP contribution in [-0.4, -0.2) is 26.9 Å². The first-order valence-electron chi connectivity index (χ1n) is 7.45. The summed E-state index contributed by atoms with van der Waals surface area (Å²) in [5, 5.41) is 0. The van der Waals surface area contributed by atoms with Gasteiger partial charge in [-0.1, -0.05) is 29.8 Å². The highest BCUT2D eigenvalue weighted by Gasteiger charge is 2.32. The van der Waals surface area contributed by atoms with Gasteiger partial charge in [0.25, 0.3) is 0 Å². The number of nitrogens with zero attached hydrogens (tertiary/aromatic N) is 1. The van der Waals surface area contributed by atoms with E-state index in [1.165, 1.54) is 0 Å². The van der Waals surface area contributed by atoms with Crippen molar-refractivity contribution in [3.8, 4) is 0 Å². The third kappa shape index (κ3) is 3.36. The lowest BCUT2D eigenvalue weighted by molar-refractivity contribution is -0.118. The van der Waals surface area contributed by atoms with E-state index in [1.54, 1.807) is 17.9 Å². The van der Waals surface area contributed by atoms with Gasteiger partial charge in [-0.25, -0.2) is 13.1 Å². The Morgan fingerprint density at radius 3 is 2.68 bits per heavy atom. The molecule has 0 bridgehead atoms. The monoisotopic (exact) mass is 388 g/mol. The van der Waals surface area contributed by atoms with Gasteiger partial charge in [0, 0.05) is 23.5 Å². The van der Waals surface area contributed by atoms with E-state index in [9.17, 15) is 13.2 Å². The summed E-state index contributed by atoms with van der Waals surface area (Å²) in [6.45, 7) is 6.06. The van der Waals surface area contributed by atoms with Crippen molar-refractivity contribution in [3.63, 3.8) is 0 Å². The summed E-state index contributed by atoms with van der Waals surface area (Å²) in [6.07, 6.45) is 1.73. The van der Waals surface area contributed by atoms with E-state index in [0.717, 1.165) is 5.56 Å². The fraction of sp³-hybridized carbons (Fsp3) is 0.533. The summed E-state index contributed by atoms with van der Waals surface area (Å²) >= 11 is 3.37. The van der Waals surface area contributed by atoms with Crippen LogP contribution in [-0.2, 0) is 21.2 Å². The molecule has 1 aromatic carbocycles. The maximum absolute atomic E-state index is 12.7. The second-order valence-corrected chi connectivity index (χ2v) is 8.09. The molecule has 1 atom stereocenters. The van der Waals surface area contributed by atoms with Crippen LogP contribution in [0.2, 0.25) is 0 Å². The normalized spacial score (nSPS) is 15.7. The molecule has 122 valence electrons. The van der Waals surface area contributed by atoms with Crippen molar-refractivity contribution in [2.45, 2.75) is 51.0 Å². The second-order valence-electron chi connectivity index (χ2n) is 5.49. The minimum absolute atomic E-state index is 0.0546. The maximum Gasteiger partial charge on any atom is 0.242 e. The van der Waals surface area contributed by atoms with Crippen LogP contribution in [0, 0.1) is 0 Å². The number of anilines is 1. The second kappa shape index (κ2) is 6.68. The Morgan fingerprint density at radius 2 is 2.09 bits per heavy atom. The number of carbonyl (C=O) groups excluding carboxylic acids is 1. The number of nitrogens with one attached hydrogen (secondary N) is 1. The molecule has 1 unspecified atom stereocenters. The summed E-state index contributed by atoms with van der Waals surface area (Å²) in [5.74, 6) is -0.0546. The van der Waals surface area contributed by atoms with E-state index in [2.05, 4.69) is 20.7 Å². The average Bonchev–Trinajstić information content (AvgIpc) is 2.88. The summed E-state index contributed by atoms with van der Waals surface area (Å²) in [5.41, 5.74) is 1.42. The predicted octanol–water partition coefficient (Wildman–Crippen LogP) is 2.83. The smallest absolute Gasteiger partial charge is 0.242 e. The van der Waals surface area contributed by atoms with Gasteiger partial charge < -0.3 is 4.90 Å². The van der Waals surface area contributed by atoms with Crippen molar-refractivity contribution in [1.82, 2.24) is 4.72 Å². The predicted molar refractivity (Wildman–Crippen MR) is 90.6 cm³/mol. The highest BCUT2D eigenvalue weighted by atomic mass is 79.9. The summed E-state index contributed by atoms with van der Waals surface area (Å²) < 4.78 is 28.8. The molecule has 5 nitrogen and oxygen atoms in total. The lowest BCUT2D eigenvalue weighted by Gasteiger charge is -2.21. The molecule has 1 aliphatic heterocycles. The van der Waals surface area contributed by atoms with Gasteiger partial charge in [0.2, 0.25) is 15.9 Å². The molecule has 0 saturated heterocycles. The van der Waals surface area contributed by atoms with Crippen LogP contribution in [0.5, 0.6) is 0 Å². The van der Waals surface area contributed by atoms with E-state index < -0.39 is 10.0 Å². The van der Waals surface area contributed by atoms with Crippen LogP contribution >= 0.6 is 15.9 Å². The lowest BCUT2D eigenvalue weighted by atomic mass is 10.2. The average molecular weight is 389 g/mol. The molecule has 22 heavy (non-hydrogen) atoms. The van der Waals surface area contributed by atoms with Gasteiger partial charge >= 0.3 is 0 Å². The summed E-state index contributed by atoms with van der Waals surface area (Å²) in [6, 6.07) is 3.31. The first-order valence-corrected chi connectivity index (χ1v) is 9.72. The van der Waals surface area contributed by atoms with Crippen LogP contribution in [0.15, 0.2) is 21.5 Å². The first kappa shape index (κ1) is 17.4. The molecule has 0 spiro atoms. The number of carbonyl (C=O) groups is 1. The van der Waals surface area contributed by atoms with Gasteiger partial charge in [-0.3, -0.25) is 4.79 Å². The quantitative estimate of drug-likeness (QED) is 0.842. The topological polar surface area (TPSA) is 66.5 Å². The largest absolute Gasteiger partial charge is 0.310 e. The number of hydrogen-bond acceptors (Lipinski definition) is 3. The zero-order valence-electron chi connectivity index (χ0n) is 13.0. The van der Waals surface area contributed by atoms with Gasteiger partial charge in [0.1, 0.15) is 4.90 Å². The number of rotatable bonds is 5. The molecule has 7 heteroatoms. The van der Waals surface area contributed by atoms with Crippen molar-refractivity contribution < 1.29 is 13.2 Å². The van der Waals surface area contributed by atoms with E-state index in [-0.39, 0.29) is 16.8 Å². The van der Waals surface area contributed by atoms with Gasteiger partial charge in [-0.15, -0.1) is 0 Å². The van der Waals surface area contributed by atoms with E-state index in [4.69, 9.17) is 0 Å². The molecular formula is C15H21BrN2O3S. The number of fused-ring (bicyclic) bond motifs is 1. The molecule has 1 N–H and O–H groups in total. The third-order valence-electron chi connectivity index (χ3n) is 3.86. The van der Waals surface area contributed by atoms with Gasteiger partial charge in [-0.05, 0) is 37.5 Å². The Bertz CT molecular complexity index is 688. The van der Waals surface area contributed by atoms with Crippen molar-refractivity contribution >= 4 is 37.5 Å². The Balaban J connectivity index is 2.55. The number of benzene rings is 1.